The maximum Gasteiger partial charge on any atom is 0.233 e. The van der Waals surface area contributed by atoms with Crippen molar-refractivity contribution in [2.75, 3.05) is 9.33 Å². The Kier molecular flexibility index (Phi) is 3.00. The second kappa shape index (κ2) is 3.97. The van der Waals surface area contributed by atoms with Gasteiger partial charge in [-0.1, -0.05) is 61.6 Å². The molecule has 0 aromatic heterocycles. The molecule has 3 heteroatoms. The highest BCUT2D eigenvalue weighted by Crippen LogP contribution is 2.50. The number of para-hydroxylation sites is 1. The highest BCUT2D eigenvalue weighted by atomic mass is 127. The first-order valence-electron chi connectivity index (χ1n) is 5.82. The highest BCUT2D eigenvalue weighted by molar-refractivity contribution is 14.1. The molecule has 2 rings (SSSR count). The van der Waals surface area contributed by atoms with Crippen molar-refractivity contribution in [1.29, 1.82) is 0 Å². The van der Waals surface area contributed by atoms with Gasteiger partial charge in [0.25, 0.3) is 0 Å². The van der Waals surface area contributed by atoms with E-state index in [-0.39, 0.29) is 16.9 Å². The first kappa shape index (κ1) is 12.9. The number of alkyl halides is 1. The van der Waals surface area contributed by atoms with Gasteiger partial charge in [-0.05, 0) is 13.0 Å². The second-order valence-corrected chi connectivity index (χ2v) is 6.58. The van der Waals surface area contributed by atoms with Crippen molar-refractivity contribution >= 4 is 34.2 Å². The topological polar surface area (TPSA) is 20.3 Å². The Bertz CT molecular complexity index is 464. The van der Waals surface area contributed by atoms with Gasteiger partial charge in [0.1, 0.15) is 0 Å². The van der Waals surface area contributed by atoms with Gasteiger partial charge >= 0.3 is 0 Å². The summed E-state index contributed by atoms with van der Waals surface area (Å²) in [5.41, 5.74) is 1.89. The van der Waals surface area contributed by atoms with Crippen molar-refractivity contribution in [2.45, 2.75) is 33.2 Å². The average Bonchev–Trinajstić information content (AvgIpc) is 2.26. The summed E-state index contributed by atoms with van der Waals surface area (Å²) in [4.78, 5) is 14.5. The lowest BCUT2D eigenvalue weighted by Crippen LogP contribution is -2.59. The number of hydrogen-bond donors (Lipinski definition) is 0. The number of anilines is 1. The van der Waals surface area contributed by atoms with Crippen LogP contribution in [0, 0.1) is 5.41 Å². The monoisotopic (exact) mass is 343 g/mol. The third kappa shape index (κ3) is 1.79. The molecule has 0 spiro atoms. The van der Waals surface area contributed by atoms with Crippen molar-refractivity contribution in [3.63, 3.8) is 0 Å². The molecule has 1 amide bonds. The van der Waals surface area contributed by atoms with E-state index in [4.69, 9.17) is 0 Å². The molecule has 1 heterocycles. The second-order valence-electron chi connectivity index (χ2n) is 5.82. The van der Waals surface area contributed by atoms with Gasteiger partial charge in [0, 0.05) is 15.4 Å². The number of benzene rings is 1. The number of carbonyl (C=O) groups is 1. The van der Waals surface area contributed by atoms with Gasteiger partial charge in [-0.25, -0.2) is 0 Å². The lowest BCUT2D eigenvalue weighted by molar-refractivity contribution is -0.127. The van der Waals surface area contributed by atoms with Crippen LogP contribution in [0.3, 0.4) is 0 Å². The zero-order chi connectivity index (χ0) is 12.8. The van der Waals surface area contributed by atoms with Crippen molar-refractivity contribution < 1.29 is 4.79 Å². The van der Waals surface area contributed by atoms with Gasteiger partial charge in [0.15, 0.2) is 0 Å². The van der Waals surface area contributed by atoms with Gasteiger partial charge in [0.2, 0.25) is 5.91 Å². The molecule has 0 fully saturated rings. The molecular formula is C14H18INO. The summed E-state index contributed by atoms with van der Waals surface area (Å²) < 4.78 is 0.920. The lowest BCUT2D eigenvalue weighted by Gasteiger charge is -2.53. The van der Waals surface area contributed by atoms with Gasteiger partial charge < -0.3 is 4.90 Å². The molecule has 0 radical (unpaired) electrons. The zero-order valence-corrected chi connectivity index (χ0v) is 12.9. The molecule has 1 atom stereocenters. The van der Waals surface area contributed by atoms with E-state index in [2.05, 4.69) is 35.6 Å². The van der Waals surface area contributed by atoms with Crippen LogP contribution in [0.5, 0.6) is 0 Å². The van der Waals surface area contributed by atoms with Crippen LogP contribution in [-0.2, 0) is 10.3 Å². The number of halogens is 1. The number of fused-ring (bicyclic) bond motifs is 1. The Morgan fingerprint density at radius 3 is 2.47 bits per heavy atom. The molecule has 0 aliphatic carbocycles. The minimum Gasteiger partial charge on any atom is -0.301 e. The fourth-order valence-electron chi connectivity index (χ4n) is 2.26. The fraction of sp³-hybridized carbons (Fsp3) is 0.500. The summed E-state index contributed by atoms with van der Waals surface area (Å²) in [5, 5.41) is 0. The molecule has 1 aliphatic rings. The third-order valence-electron chi connectivity index (χ3n) is 3.32. The molecule has 0 N–H and O–H groups in total. The van der Waals surface area contributed by atoms with Crippen LogP contribution in [0.25, 0.3) is 0 Å². The summed E-state index contributed by atoms with van der Waals surface area (Å²) in [6.07, 6.45) is 0. The van der Waals surface area contributed by atoms with Gasteiger partial charge in [-0.15, -0.1) is 0 Å². The summed E-state index contributed by atoms with van der Waals surface area (Å²) in [6.45, 7) is 8.07. The minimum atomic E-state index is -0.333. The van der Waals surface area contributed by atoms with Crippen molar-refractivity contribution in [1.82, 2.24) is 0 Å². The molecule has 17 heavy (non-hydrogen) atoms. The standard InChI is InChI=1S/C14H18INO/c1-13(2,3)12(17)16-11-8-6-5-7-10(11)14(16,4)9-15/h5-8H,9H2,1-4H3. The van der Waals surface area contributed by atoms with E-state index in [1.54, 1.807) is 0 Å². The molecule has 2 nitrogen and oxygen atoms in total. The predicted molar refractivity (Wildman–Crippen MR) is 79.6 cm³/mol. The molecule has 1 unspecified atom stereocenters. The van der Waals surface area contributed by atoms with Crippen LogP contribution < -0.4 is 4.90 Å². The number of rotatable bonds is 1. The van der Waals surface area contributed by atoms with Crippen LogP contribution >= 0.6 is 22.6 Å². The summed E-state index contributed by atoms with van der Waals surface area (Å²) in [5.74, 6) is 0.204. The van der Waals surface area contributed by atoms with E-state index in [0.717, 1.165) is 10.1 Å². The SMILES string of the molecule is CC(C)(C)C(=O)N1c2ccccc2C1(C)CI. The number of amides is 1. The van der Waals surface area contributed by atoms with Gasteiger partial charge in [0.05, 0.1) is 11.2 Å². The smallest absolute Gasteiger partial charge is 0.233 e. The zero-order valence-electron chi connectivity index (χ0n) is 10.7. The van der Waals surface area contributed by atoms with Crippen LogP contribution in [0.4, 0.5) is 5.69 Å². The lowest BCUT2D eigenvalue weighted by atomic mass is 9.78. The van der Waals surface area contributed by atoms with Crippen LogP contribution in [0.2, 0.25) is 0 Å². The Morgan fingerprint density at radius 1 is 1.35 bits per heavy atom. The van der Waals surface area contributed by atoms with Crippen molar-refractivity contribution in [2.24, 2.45) is 5.41 Å². The van der Waals surface area contributed by atoms with E-state index >= 15 is 0 Å². The van der Waals surface area contributed by atoms with Crippen LogP contribution in [-0.4, -0.2) is 10.3 Å². The predicted octanol–water partition coefficient (Wildman–Crippen LogP) is 3.73. The Balaban J connectivity index is 2.47. The molecule has 1 aromatic carbocycles. The van der Waals surface area contributed by atoms with E-state index in [1.165, 1.54) is 5.56 Å². The maximum absolute atomic E-state index is 12.5. The Morgan fingerprint density at radius 2 is 1.94 bits per heavy atom. The average molecular weight is 343 g/mol. The van der Waals surface area contributed by atoms with Gasteiger partial charge in [-0.3, -0.25) is 4.79 Å². The number of nitrogens with zero attached hydrogens (tertiary/aromatic N) is 1. The molecule has 1 aliphatic heterocycles. The third-order valence-corrected chi connectivity index (χ3v) is 4.81. The Labute approximate surface area is 117 Å². The quantitative estimate of drug-likeness (QED) is 0.562. The number of carbonyl (C=O) groups excluding carboxylic acids is 1. The summed E-state index contributed by atoms with van der Waals surface area (Å²) >= 11 is 2.36. The molecule has 0 saturated carbocycles. The van der Waals surface area contributed by atoms with Gasteiger partial charge in [-0.2, -0.15) is 0 Å². The highest BCUT2D eigenvalue weighted by Gasteiger charge is 2.50. The first-order chi connectivity index (χ1) is 7.82. The van der Waals surface area contributed by atoms with E-state index in [1.807, 2.05) is 43.9 Å². The van der Waals surface area contributed by atoms with E-state index in [0.29, 0.717) is 0 Å². The largest absolute Gasteiger partial charge is 0.301 e. The van der Waals surface area contributed by atoms with Crippen molar-refractivity contribution in [3.05, 3.63) is 29.8 Å². The maximum atomic E-state index is 12.5. The molecule has 1 aromatic rings. The fourth-order valence-corrected chi connectivity index (χ4v) is 3.01. The van der Waals surface area contributed by atoms with E-state index in [9.17, 15) is 4.79 Å². The normalized spacial score (nSPS) is 23.0. The van der Waals surface area contributed by atoms with Crippen LogP contribution in [0.1, 0.15) is 33.3 Å². The molecular weight excluding hydrogens is 325 g/mol. The number of hydrogen-bond acceptors (Lipinski definition) is 1. The Hall–Kier alpha value is -0.580. The summed E-state index contributed by atoms with van der Waals surface area (Å²) in [7, 11) is 0. The molecule has 0 saturated heterocycles. The van der Waals surface area contributed by atoms with Crippen LogP contribution in [0.15, 0.2) is 24.3 Å². The summed E-state index contributed by atoms with van der Waals surface area (Å²) in [6, 6.07) is 8.20. The first-order valence-corrected chi connectivity index (χ1v) is 7.35. The molecule has 0 bridgehead atoms. The van der Waals surface area contributed by atoms with Crippen molar-refractivity contribution in [3.8, 4) is 0 Å². The molecule has 92 valence electrons. The van der Waals surface area contributed by atoms with E-state index < -0.39 is 0 Å². The minimum absolute atomic E-state index is 0.137.